The van der Waals surface area contributed by atoms with E-state index in [2.05, 4.69) is 18.7 Å². The fourth-order valence-electron chi connectivity index (χ4n) is 3.70. The lowest BCUT2D eigenvalue weighted by atomic mass is 9.82. The average Bonchev–Trinajstić information content (AvgIpc) is 2.63. The average molecular weight is 292 g/mol. The molecule has 2 N–H and O–H groups in total. The van der Waals surface area contributed by atoms with Crippen LogP contribution in [0, 0.1) is 5.82 Å². The molecule has 21 heavy (non-hydrogen) atoms. The molecule has 2 aliphatic heterocycles. The number of halogens is 1. The predicted molar refractivity (Wildman–Crippen MR) is 81.9 cm³/mol. The minimum Gasteiger partial charge on any atom is -0.487 e. The van der Waals surface area contributed by atoms with Crippen LogP contribution in [-0.2, 0) is 0 Å². The molecule has 3 nitrogen and oxygen atoms in total. The van der Waals surface area contributed by atoms with Gasteiger partial charge in [-0.15, -0.1) is 0 Å². The molecule has 2 aliphatic rings. The standard InChI is InChI=1S/C17H25FN2O/c1-12(2)20-8-3-6-17(7-9-20)11-15(19)14-10-13(18)4-5-16(14)21-17/h4-5,10,12,15H,3,6-9,11,19H2,1-2H3. The summed E-state index contributed by atoms with van der Waals surface area (Å²) in [6, 6.07) is 5.15. The number of benzene rings is 1. The van der Waals surface area contributed by atoms with Crippen molar-refractivity contribution >= 4 is 0 Å². The van der Waals surface area contributed by atoms with E-state index in [-0.39, 0.29) is 17.5 Å². The molecule has 0 saturated carbocycles. The first-order valence-corrected chi connectivity index (χ1v) is 7.97. The second-order valence-electron chi connectivity index (χ2n) is 6.76. The van der Waals surface area contributed by atoms with Crippen molar-refractivity contribution in [2.75, 3.05) is 13.1 Å². The van der Waals surface area contributed by atoms with E-state index < -0.39 is 0 Å². The molecular formula is C17H25FN2O. The van der Waals surface area contributed by atoms with Crippen molar-refractivity contribution in [3.8, 4) is 5.75 Å². The largest absolute Gasteiger partial charge is 0.487 e. The number of likely N-dealkylation sites (tertiary alicyclic amines) is 1. The van der Waals surface area contributed by atoms with Crippen LogP contribution in [0.1, 0.15) is 51.1 Å². The van der Waals surface area contributed by atoms with Gasteiger partial charge in [0.2, 0.25) is 0 Å². The van der Waals surface area contributed by atoms with Gasteiger partial charge in [0.15, 0.2) is 0 Å². The number of ether oxygens (including phenoxy) is 1. The third kappa shape index (κ3) is 2.92. The maximum absolute atomic E-state index is 13.4. The molecule has 2 heterocycles. The highest BCUT2D eigenvalue weighted by Gasteiger charge is 2.41. The molecule has 0 amide bonds. The Bertz CT molecular complexity index is 520. The van der Waals surface area contributed by atoms with Gasteiger partial charge in [0.25, 0.3) is 0 Å². The molecule has 0 aliphatic carbocycles. The third-order valence-corrected chi connectivity index (χ3v) is 4.95. The molecule has 2 atom stereocenters. The minimum atomic E-state index is -0.240. The van der Waals surface area contributed by atoms with Gasteiger partial charge in [0, 0.05) is 30.6 Å². The Morgan fingerprint density at radius 2 is 2.14 bits per heavy atom. The van der Waals surface area contributed by atoms with Crippen LogP contribution >= 0.6 is 0 Å². The normalized spacial score (nSPS) is 30.0. The van der Waals surface area contributed by atoms with Gasteiger partial charge in [-0.25, -0.2) is 4.39 Å². The highest BCUT2D eigenvalue weighted by molar-refractivity contribution is 5.39. The van der Waals surface area contributed by atoms with E-state index in [0.717, 1.165) is 50.1 Å². The van der Waals surface area contributed by atoms with Crippen LogP contribution in [0.4, 0.5) is 4.39 Å². The van der Waals surface area contributed by atoms with Gasteiger partial charge in [0.05, 0.1) is 0 Å². The summed E-state index contributed by atoms with van der Waals surface area (Å²) in [7, 11) is 0. The van der Waals surface area contributed by atoms with E-state index in [1.54, 1.807) is 6.07 Å². The first kappa shape index (κ1) is 14.8. The summed E-state index contributed by atoms with van der Waals surface area (Å²) in [5.41, 5.74) is 6.94. The predicted octanol–water partition coefficient (Wildman–Crippen LogP) is 3.24. The van der Waals surface area contributed by atoms with Crippen molar-refractivity contribution < 1.29 is 9.13 Å². The number of hydrogen-bond acceptors (Lipinski definition) is 3. The van der Waals surface area contributed by atoms with Crippen LogP contribution in [-0.4, -0.2) is 29.6 Å². The van der Waals surface area contributed by atoms with Gasteiger partial charge in [0.1, 0.15) is 17.2 Å². The Morgan fingerprint density at radius 1 is 1.33 bits per heavy atom. The van der Waals surface area contributed by atoms with Crippen LogP contribution < -0.4 is 10.5 Å². The van der Waals surface area contributed by atoms with Crippen LogP contribution in [0.5, 0.6) is 5.75 Å². The summed E-state index contributed by atoms with van der Waals surface area (Å²) < 4.78 is 19.7. The van der Waals surface area contributed by atoms with Gasteiger partial charge >= 0.3 is 0 Å². The molecule has 1 saturated heterocycles. The Morgan fingerprint density at radius 3 is 2.90 bits per heavy atom. The summed E-state index contributed by atoms with van der Waals surface area (Å²) in [5, 5.41) is 0. The van der Waals surface area contributed by atoms with Crippen molar-refractivity contribution in [1.29, 1.82) is 0 Å². The lowest BCUT2D eigenvalue weighted by molar-refractivity contribution is 0.0208. The molecule has 0 bridgehead atoms. The van der Waals surface area contributed by atoms with E-state index in [9.17, 15) is 4.39 Å². The number of rotatable bonds is 1. The van der Waals surface area contributed by atoms with Crippen LogP contribution in [0.2, 0.25) is 0 Å². The minimum absolute atomic E-state index is 0.130. The zero-order valence-electron chi connectivity index (χ0n) is 12.9. The van der Waals surface area contributed by atoms with Gasteiger partial charge in [-0.05, 0) is 57.9 Å². The Labute approximate surface area is 126 Å². The molecule has 116 valence electrons. The van der Waals surface area contributed by atoms with E-state index in [4.69, 9.17) is 10.5 Å². The number of hydrogen-bond donors (Lipinski definition) is 1. The van der Waals surface area contributed by atoms with Crippen LogP contribution in [0.15, 0.2) is 18.2 Å². The molecule has 2 unspecified atom stereocenters. The monoisotopic (exact) mass is 292 g/mol. The molecule has 1 aromatic carbocycles. The molecule has 0 radical (unpaired) electrons. The zero-order chi connectivity index (χ0) is 15.0. The zero-order valence-corrected chi connectivity index (χ0v) is 12.9. The molecule has 4 heteroatoms. The van der Waals surface area contributed by atoms with Gasteiger partial charge in [-0.3, -0.25) is 0 Å². The van der Waals surface area contributed by atoms with Crippen molar-refractivity contribution in [3.63, 3.8) is 0 Å². The maximum atomic E-state index is 13.4. The summed E-state index contributed by atoms with van der Waals surface area (Å²) in [6.45, 7) is 6.64. The second kappa shape index (κ2) is 5.58. The van der Waals surface area contributed by atoms with Crippen LogP contribution in [0.3, 0.4) is 0 Å². The molecule has 3 rings (SSSR count). The first-order valence-electron chi connectivity index (χ1n) is 7.97. The number of nitrogens with zero attached hydrogens (tertiary/aromatic N) is 1. The lowest BCUT2D eigenvalue weighted by Gasteiger charge is -2.41. The second-order valence-corrected chi connectivity index (χ2v) is 6.76. The maximum Gasteiger partial charge on any atom is 0.125 e. The molecule has 0 aromatic heterocycles. The van der Waals surface area contributed by atoms with Crippen molar-refractivity contribution in [3.05, 3.63) is 29.6 Å². The molecule has 1 fully saturated rings. The lowest BCUT2D eigenvalue weighted by Crippen LogP contribution is -2.44. The smallest absolute Gasteiger partial charge is 0.125 e. The fourth-order valence-corrected chi connectivity index (χ4v) is 3.70. The van der Waals surface area contributed by atoms with Gasteiger partial charge in [-0.1, -0.05) is 0 Å². The number of nitrogens with two attached hydrogens (primary N) is 1. The molecular weight excluding hydrogens is 267 g/mol. The summed E-state index contributed by atoms with van der Waals surface area (Å²) in [4.78, 5) is 2.50. The van der Waals surface area contributed by atoms with E-state index in [1.165, 1.54) is 12.1 Å². The van der Waals surface area contributed by atoms with Crippen molar-refractivity contribution in [1.82, 2.24) is 4.90 Å². The van der Waals surface area contributed by atoms with Crippen LogP contribution in [0.25, 0.3) is 0 Å². The molecule has 1 spiro atoms. The van der Waals surface area contributed by atoms with Crippen molar-refractivity contribution in [2.45, 2.75) is 57.2 Å². The summed E-state index contributed by atoms with van der Waals surface area (Å²) in [5.74, 6) is 0.531. The topological polar surface area (TPSA) is 38.5 Å². The Balaban J connectivity index is 1.82. The quantitative estimate of drug-likeness (QED) is 0.863. The highest BCUT2D eigenvalue weighted by atomic mass is 19.1. The van der Waals surface area contributed by atoms with Crippen molar-refractivity contribution in [2.24, 2.45) is 5.73 Å². The Kier molecular flexibility index (Phi) is 3.93. The van der Waals surface area contributed by atoms with Gasteiger partial charge < -0.3 is 15.4 Å². The number of fused-ring (bicyclic) bond motifs is 1. The Hall–Kier alpha value is -1.13. The third-order valence-electron chi connectivity index (χ3n) is 4.95. The highest BCUT2D eigenvalue weighted by Crippen LogP contribution is 2.43. The summed E-state index contributed by atoms with van der Waals surface area (Å²) in [6.07, 6.45) is 3.94. The fraction of sp³-hybridized carbons (Fsp3) is 0.647. The van der Waals surface area contributed by atoms with Gasteiger partial charge in [-0.2, -0.15) is 0 Å². The SMILES string of the molecule is CC(C)N1CCCC2(CC1)CC(N)c1cc(F)ccc1O2. The van der Waals surface area contributed by atoms with E-state index >= 15 is 0 Å². The summed E-state index contributed by atoms with van der Waals surface area (Å²) >= 11 is 0. The molecule has 1 aromatic rings. The van der Waals surface area contributed by atoms with E-state index in [0.29, 0.717) is 6.04 Å². The van der Waals surface area contributed by atoms with E-state index in [1.807, 2.05) is 0 Å². The first-order chi connectivity index (χ1) is 9.99.